The van der Waals surface area contributed by atoms with Crippen LogP contribution in [0.15, 0.2) is 16.7 Å². The summed E-state index contributed by atoms with van der Waals surface area (Å²) in [4.78, 5) is 0. The monoisotopic (exact) mass is 139 g/mol. The molecular weight excluding hydrogens is 126 g/mol. The van der Waals surface area contributed by atoms with E-state index >= 15 is 0 Å². The molecule has 2 heteroatoms. The van der Waals surface area contributed by atoms with Crippen LogP contribution in [0.4, 0.5) is 0 Å². The molecule has 0 saturated carbocycles. The molecule has 0 radical (unpaired) electrons. The second-order valence-electron chi connectivity index (χ2n) is 2.28. The van der Waals surface area contributed by atoms with Gasteiger partial charge in [0.15, 0.2) is 0 Å². The Balaban J connectivity index is 2.49. The Bertz CT molecular complexity index is 193. The van der Waals surface area contributed by atoms with Gasteiger partial charge in [0.25, 0.3) is 0 Å². The Morgan fingerprint density at radius 1 is 1.60 bits per heavy atom. The van der Waals surface area contributed by atoms with Crippen LogP contribution >= 0.6 is 0 Å². The highest BCUT2D eigenvalue weighted by molar-refractivity contribution is 5.14. The minimum Gasteiger partial charge on any atom is -0.469 e. The van der Waals surface area contributed by atoms with E-state index in [9.17, 15) is 0 Å². The van der Waals surface area contributed by atoms with E-state index in [1.165, 1.54) is 5.56 Å². The van der Waals surface area contributed by atoms with E-state index in [-0.39, 0.29) is 0 Å². The topological polar surface area (TPSA) is 25.2 Å². The predicted octanol–water partition coefficient (Wildman–Crippen LogP) is 1.70. The van der Waals surface area contributed by atoms with Gasteiger partial charge < -0.3 is 9.73 Å². The van der Waals surface area contributed by atoms with Crippen LogP contribution in [0.5, 0.6) is 0 Å². The van der Waals surface area contributed by atoms with Crippen LogP contribution in [-0.4, -0.2) is 6.54 Å². The molecular formula is C8H13NO. The third kappa shape index (κ3) is 1.61. The van der Waals surface area contributed by atoms with Crippen LogP contribution < -0.4 is 5.32 Å². The van der Waals surface area contributed by atoms with E-state index in [1.54, 1.807) is 6.26 Å². The first-order chi connectivity index (χ1) is 4.84. The summed E-state index contributed by atoms with van der Waals surface area (Å²) in [5.74, 6) is 1.01. The molecule has 56 valence electrons. The second-order valence-corrected chi connectivity index (χ2v) is 2.28. The van der Waals surface area contributed by atoms with Crippen LogP contribution in [0.3, 0.4) is 0 Å². The molecule has 0 fully saturated rings. The van der Waals surface area contributed by atoms with E-state index in [2.05, 4.69) is 12.2 Å². The van der Waals surface area contributed by atoms with Crippen LogP contribution in [0.1, 0.15) is 18.2 Å². The van der Waals surface area contributed by atoms with Gasteiger partial charge in [0.05, 0.1) is 6.26 Å². The van der Waals surface area contributed by atoms with Gasteiger partial charge in [-0.25, -0.2) is 0 Å². The minimum absolute atomic E-state index is 0.916. The molecule has 0 unspecified atom stereocenters. The Hall–Kier alpha value is -0.760. The Labute approximate surface area is 61.2 Å². The van der Waals surface area contributed by atoms with Crippen molar-refractivity contribution in [1.82, 2.24) is 5.32 Å². The summed E-state index contributed by atoms with van der Waals surface area (Å²) in [6.07, 6.45) is 1.72. The summed E-state index contributed by atoms with van der Waals surface area (Å²) >= 11 is 0. The Kier molecular flexibility index (Phi) is 2.51. The summed E-state index contributed by atoms with van der Waals surface area (Å²) < 4.78 is 5.12. The van der Waals surface area contributed by atoms with Crippen molar-refractivity contribution in [2.24, 2.45) is 0 Å². The zero-order valence-corrected chi connectivity index (χ0v) is 6.48. The summed E-state index contributed by atoms with van der Waals surface area (Å²) in [6.45, 7) is 5.99. The van der Waals surface area contributed by atoms with Crippen molar-refractivity contribution < 1.29 is 4.42 Å². The first kappa shape index (κ1) is 7.35. The molecule has 10 heavy (non-hydrogen) atoms. The molecule has 2 nitrogen and oxygen atoms in total. The second kappa shape index (κ2) is 3.42. The van der Waals surface area contributed by atoms with Crippen molar-refractivity contribution in [1.29, 1.82) is 0 Å². The van der Waals surface area contributed by atoms with Crippen LogP contribution in [0.25, 0.3) is 0 Å². The van der Waals surface area contributed by atoms with Crippen molar-refractivity contribution >= 4 is 0 Å². The summed E-state index contributed by atoms with van der Waals surface area (Å²) in [5.41, 5.74) is 1.25. The highest BCUT2D eigenvalue weighted by Gasteiger charge is 1.97. The molecule has 1 heterocycles. The Morgan fingerprint density at radius 2 is 2.40 bits per heavy atom. The van der Waals surface area contributed by atoms with E-state index < -0.39 is 0 Å². The fraction of sp³-hybridized carbons (Fsp3) is 0.500. The SMILES string of the molecule is CCNCc1ccoc1C. The number of rotatable bonds is 3. The van der Waals surface area contributed by atoms with Gasteiger partial charge in [-0.05, 0) is 19.5 Å². The van der Waals surface area contributed by atoms with Gasteiger partial charge in [-0.15, -0.1) is 0 Å². The van der Waals surface area contributed by atoms with Gasteiger partial charge >= 0.3 is 0 Å². The minimum atomic E-state index is 0.916. The first-order valence-corrected chi connectivity index (χ1v) is 3.58. The molecule has 0 bridgehead atoms. The van der Waals surface area contributed by atoms with Gasteiger partial charge in [-0.2, -0.15) is 0 Å². The number of hydrogen-bond donors (Lipinski definition) is 1. The summed E-state index contributed by atoms with van der Waals surface area (Å²) in [7, 11) is 0. The molecule has 1 rings (SSSR count). The third-order valence-electron chi connectivity index (χ3n) is 1.53. The standard InChI is InChI=1S/C8H13NO/c1-3-9-6-8-4-5-10-7(8)2/h4-5,9H,3,6H2,1-2H3. The van der Waals surface area contributed by atoms with E-state index in [1.807, 2.05) is 13.0 Å². The number of furan rings is 1. The first-order valence-electron chi connectivity index (χ1n) is 3.58. The van der Waals surface area contributed by atoms with Gasteiger partial charge in [-0.1, -0.05) is 6.92 Å². The quantitative estimate of drug-likeness (QED) is 0.689. The van der Waals surface area contributed by atoms with Crippen molar-refractivity contribution in [3.05, 3.63) is 23.7 Å². The average Bonchev–Trinajstić information content (AvgIpc) is 2.31. The molecule has 1 N–H and O–H groups in total. The van der Waals surface area contributed by atoms with Crippen molar-refractivity contribution in [2.45, 2.75) is 20.4 Å². The molecule has 0 spiro atoms. The lowest BCUT2D eigenvalue weighted by atomic mass is 10.2. The predicted molar refractivity (Wildman–Crippen MR) is 40.8 cm³/mol. The molecule has 0 aliphatic rings. The number of hydrogen-bond acceptors (Lipinski definition) is 2. The Morgan fingerprint density at radius 3 is 2.90 bits per heavy atom. The lowest BCUT2D eigenvalue weighted by Crippen LogP contribution is -2.11. The van der Waals surface area contributed by atoms with Crippen LogP contribution in [0.2, 0.25) is 0 Å². The number of nitrogens with one attached hydrogen (secondary N) is 1. The molecule has 0 aliphatic carbocycles. The molecule has 1 aromatic rings. The molecule has 0 aliphatic heterocycles. The highest BCUT2D eigenvalue weighted by Crippen LogP contribution is 2.07. The van der Waals surface area contributed by atoms with Crippen LogP contribution in [-0.2, 0) is 6.54 Å². The van der Waals surface area contributed by atoms with Gasteiger partial charge in [0.1, 0.15) is 5.76 Å². The maximum atomic E-state index is 5.12. The van der Waals surface area contributed by atoms with E-state index in [0.717, 1.165) is 18.8 Å². The summed E-state index contributed by atoms with van der Waals surface area (Å²) in [6, 6.07) is 2.00. The largest absolute Gasteiger partial charge is 0.469 e. The van der Waals surface area contributed by atoms with Gasteiger partial charge in [0.2, 0.25) is 0 Å². The normalized spacial score (nSPS) is 10.2. The fourth-order valence-corrected chi connectivity index (χ4v) is 0.854. The van der Waals surface area contributed by atoms with E-state index in [0.29, 0.717) is 0 Å². The van der Waals surface area contributed by atoms with Crippen LogP contribution in [0, 0.1) is 6.92 Å². The highest BCUT2D eigenvalue weighted by atomic mass is 16.3. The lowest BCUT2D eigenvalue weighted by Gasteiger charge is -1.97. The van der Waals surface area contributed by atoms with Crippen molar-refractivity contribution in [3.63, 3.8) is 0 Å². The van der Waals surface area contributed by atoms with Crippen molar-refractivity contribution in [2.75, 3.05) is 6.54 Å². The molecule has 0 amide bonds. The lowest BCUT2D eigenvalue weighted by molar-refractivity contribution is 0.527. The third-order valence-corrected chi connectivity index (χ3v) is 1.53. The zero-order valence-electron chi connectivity index (χ0n) is 6.48. The van der Waals surface area contributed by atoms with Gasteiger partial charge in [-0.3, -0.25) is 0 Å². The fourth-order valence-electron chi connectivity index (χ4n) is 0.854. The molecule has 0 aromatic carbocycles. The average molecular weight is 139 g/mol. The molecule has 1 aromatic heterocycles. The smallest absolute Gasteiger partial charge is 0.105 e. The number of aryl methyl sites for hydroxylation is 1. The maximum absolute atomic E-state index is 5.12. The molecule has 0 atom stereocenters. The molecule has 0 saturated heterocycles. The summed E-state index contributed by atoms with van der Waals surface area (Å²) in [5, 5.41) is 3.23. The maximum Gasteiger partial charge on any atom is 0.105 e. The van der Waals surface area contributed by atoms with Crippen molar-refractivity contribution in [3.8, 4) is 0 Å². The van der Waals surface area contributed by atoms with E-state index in [4.69, 9.17) is 4.42 Å². The van der Waals surface area contributed by atoms with Gasteiger partial charge in [0, 0.05) is 12.1 Å². The zero-order chi connectivity index (χ0) is 7.40.